The maximum Gasteiger partial charge on any atom is 0.354 e. The number of Topliss-reactive ketones (excluding diaryl/α,β-unsaturated/α-hetero) is 1. The van der Waals surface area contributed by atoms with Crippen molar-refractivity contribution in [2.45, 2.75) is 27.3 Å². The maximum atomic E-state index is 13.7. The van der Waals surface area contributed by atoms with E-state index in [9.17, 15) is 14.4 Å². The number of morpholine rings is 1. The van der Waals surface area contributed by atoms with Crippen LogP contribution in [0.25, 0.3) is 10.8 Å². The minimum Gasteiger partial charge on any atom is -0.464 e. The van der Waals surface area contributed by atoms with Gasteiger partial charge in [-0.1, -0.05) is 30.3 Å². The molecule has 0 atom stereocenters. The van der Waals surface area contributed by atoms with E-state index in [0.717, 1.165) is 23.9 Å². The van der Waals surface area contributed by atoms with Crippen molar-refractivity contribution in [3.8, 4) is 0 Å². The number of carbonyl (C=O) groups is 3. The zero-order chi connectivity index (χ0) is 26.5. The Hall–Kier alpha value is -3.49. The maximum absolute atomic E-state index is 13.7. The third-order valence-electron chi connectivity index (χ3n) is 7.15. The van der Waals surface area contributed by atoms with Crippen LogP contribution in [0, 0.1) is 13.8 Å². The number of ether oxygens (including phenoxy) is 2. The number of carbonyl (C=O) groups excluding carboxylic acids is 3. The summed E-state index contributed by atoms with van der Waals surface area (Å²) in [6.45, 7) is 9.95. The van der Waals surface area contributed by atoms with Crippen molar-refractivity contribution in [2.75, 3.05) is 53.0 Å². The fourth-order valence-corrected chi connectivity index (χ4v) is 5.16. The van der Waals surface area contributed by atoms with Gasteiger partial charge < -0.3 is 18.9 Å². The van der Waals surface area contributed by atoms with Gasteiger partial charge in [-0.05, 0) is 49.2 Å². The first-order chi connectivity index (χ1) is 17.8. The predicted octanol–water partition coefficient (Wildman–Crippen LogP) is 3.72. The van der Waals surface area contributed by atoms with E-state index in [-0.39, 0.29) is 18.2 Å². The highest BCUT2D eigenvalue weighted by atomic mass is 16.5. The van der Waals surface area contributed by atoms with Crippen LogP contribution in [0.15, 0.2) is 42.5 Å². The average Bonchev–Trinajstić information content (AvgIpc) is 3.19. The van der Waals surface area contributed by atoms with Crippen molar-refractivity contribution in [3.63, 3.8) is 0 Å². The Balaban J connectivity index is 1.64. The standard InChI is InChI=1S/C29H35N3O5/c1-5-32-21(3)26(20(2)27(32)29(35)36-4)25(33)19-31(13-12-30-14-16-37-17-15-30)28(34)24-11-10-22-8-6-7-9-23(22)18-24/h6-11,18H,5,12-17,19H2,1-4H3. The molecule has 0 N–H and O–H groups in total. The van der Waals surface area contributed by atoms with Crippen LogP contribution in [-0.4, -0.2) is 85.1 Å². The van der Waals surface area contributed by atoms with Crippen molar-refractivity contribution in [2.24, 2.45) is 0 Å². The van der Waals surface area contributed by atoms with Gasteiger partial charge in [0.2, 0.25) is 0 Å². The molecule has 1 amide bonds. The Kier molecular flexibility index (Phi) is 8.41. The van der Waals surface area contributed by atoms with Crippen LogP contribution in [-0.2, 0) is 16.0 Å². The fraction of sp³-hybridized carbons (Fsp3) is 0.414. The minimum absolute atomic E-state index is 0.0774. The van der Waals surface area contributed by atoms with Gasteiger partial charge in [-0.15, -0.1) is 0 Å². The van der Waals surface area contributed by atoms with Crippen LogP contribution in [0.4, 0.5) is 0 Å². The van der Waals surface area contributed by atoms with Gasteiger partial charge in [0.25, 0.3) is 5.91 Å². The summed E-state index contributed by atoms with van der Waals surface area (Å²) in [6, 6.07) is 13.5. The molecule has 8 nitrogen and oxygen atoms in total. The van der Waals surface area contributed by atoms with E-state index in [1.165, 1.54) is 7.11 Å². The van der Waals surface area contributed by atoms with Crippen molar-refractivity contribution >= 4 is 28.4 Å². The van der Waals surface area contributed by atoms with Gasteiger partial charge in [0.05, 0.1) is 26.9 Å². The van der Waals surface area contributed by atoms with Crippen molar-refractivity contribution in [3.05, 3.63) is 70.5 Å². The topological polar surface area (TPSA) is 81.1 Å². The van der Waals surface area contributed by atoms with Gasteiger partial charge in [0, 0.05) is 49.5 Å². The molecule has 0 bridgehead atoms. The van der Waals surface area contributed by atoms with Gasteiger partial charge >= 0.3 is 5.97 Å². The third-order valence-corrected chi connectivity index (χ3v) is 7.15. The SMILES string of the molecule is CCn1c(C)c(C(=O)CN(CCN2CCOCC2)C(=O)c2ccc3ccccc3c2)c(C)c1C(=O)OC. The van der Waals surface area contributed by atoms with Crippen molar-refractivity contribution in [1.82, 2.24) is 14.4 Å². The smallest absolute Gasteiger partial charge is 0.354 e. The first kappa shape index (κ1) is 26.6. The second-order valence-corrected chi connectivity index (χ2v) is 9.34. The van der Waals surface area contributed by atoms with Crippen LogP contribution in [0.2, 0.25) is 0 Å². The summed E-state index contributed by atoms with van der Waals surface area (Å²) >= 11 is 0. The highest BCUT2D eigenvalue weighted by molar-refractivity contribution is 6.06. The third kappa shape index (κ3) is 5.60. The zero-order valence-electron chi connectivity index (χ0n) is 22.1. The molecule has 2 aromatic carbocycles. The highest BCUT2D eigenvalue weighted by Gasteiger charge is 2.29. The highest BCUT2D eigenvalue weighted by Crippen LogP contribution is 2.25. The quantitative estimate of drug-likeness (QED) is 0.326. The van der Waals surface area contributed by atoms with E-state index in [2.05, 4.69) is 4.90 Å². The number of fused-ring (bicyclic) bond motifs is 1. The Bertz CT molecular complexity index is 1310. The first-order valence-corrected chi connectivity index (χ1v) is 12.7. The Morgan fingerprint density at radius 2 is 1.73 bits per heavy atom. The molecular weight excluding hydrogens is 470 g/mol. The summed E-state index contributed by atoms with van der Waals surface area (Å²) in [6.07, 6.45) is 0. The van der Waals surface area contributed by atoms with Gasteiger partial charge in [-0.3, -0.25) is 14.5 Å². The number of rotatable bonds is 9. The molecule has 196 valence electrons. The van der Waals surface area contributed by atoms with Crippen LogP contribution in [0.5, 0.6) is 0 Å². The summed E-state index contributed by atoms with van der Waals surface area (Å²) in [4.78, 5) is 43.8. The van der Waals surface area contributed by atoms with E-state index < -0.39 is 5.97 Å². The number of amides is 1. The number of hydrogen-bond acceptors (Lipinski definition) is 6. The van der Waals surface area contributed by atoms with E-state index in [4.69, 9.17) is 9.47 Å². The molecule has 2 heterocycles. The molecule has 1 aliphatic heterocycles. The molecule has 1 saturated heterocycles. The fourth-order valence-electron chi connectivity index (χ4n) is 5.16. The van der Waals surface area contributed by atoms with E-state index >= 15 is 0 Å². The first-order valence-electron chi connectivity index (χ1n) is 12.7. The molecule has 0 radical (unpaired) electrons. The lowest BCUT2D eigenvalue weighted by atomic mass is 10.0. The molecule has 0 saturated carbocycles. The normalized spacial score (nSPS) is 14.1. The zero-order valence-corrected chi connectivity index (χ0v) is 22.1. The second-order valence-electron chi connectivity index (χ2n) is 9.34. The lowest BCUT2D eigenvalue weighted by Gasteiger charge is -2.30. The number of ketones is 1. The molecule has 8 heteroatoms. The molecule has 0 aliphatic carbocycles. The molecule has 1 aromatic heterocycles. The van der Waals surface area contributed by atoms with Crippen molar-refractivity contribution < 1.29 is 23.9 Å². The summed E-state index contributed by atoms with van der Waals surface area (Å²) in [5.74, 6) is -0.854. The molecule has 1 fully saturated rings. The summed E-state index contributed by atoms with van der Waals surface area (Å²) in [7, 11) is 1.33. The van der Waals surface area contributed by atoms with Crippen molar-refractivity contribution in [1.29, 1.82) is 0 Å². The number of esters is 1. The largest absolute Gasteiger partial charge is 0.464 e. The lowest BCUT2D eigenvalue weighted by molar-refractivity contribution is 0.0323. The van der Waals surface area contributed by atoms with E-state index in [1.807, 2.05) is 56.3 Å². The monoisotopic (exact) mass is 505 g/mol. The van der Waals surface area contributed by atoms with Gasteiger partial charge in [-0.25, -0.2) is 4.79 Å². The predicted molar refractivity (Wildman–Crippen MR) is 142 cm³/mol. The van der Waals surface area contributed by atoms with Crippen LogP contribution in [0.1, 0.15) is 49.4 Å². The number of methoxy groups -OCH3 is 1. The van der Waals surface area contributed by atoms with Gasteiger partial charge in [0.1, 0.15) is 5.69 Å². The molecule has 0 unspecified atom stereocenters. The minimum atomic E-state index is -0.474. The Labute approximate surface area is 217 Å². The molecule has 4 rings (SSSR count). The second kappa shape index (κ2) is 11.7. The summed E-state index contributed by atoms with van der Waals surface area (Å²) < 4.78 is 12.2. The van der Waals surface area contributed by atoms with Gasteiger partial charge in [0.15, 0.2) is 5.78 Å². The van der Waals surface area contributed by atoms with Crippen LogP contribution in [0.3, 0.4) is 0 Å². The molecular formula is C29H35N3O5. The van der Waals surface area contributed by atoms with E-state index in [0.29, 0.717) is 60.9 Å². The molecule has 3 aromatic rings. The molecule has 0 spiro atoms. The summed E-state index contributed by atoms with van der Waals surface area (Å²) in [5, 5.41) is 2.03. The van der Waals surface area contributed by atoms with Crippen LogP contribution >= 0.6 is 0 Å². The van der Waals surface area contributed by atoms with E-state index in [1.54, 1.807) is 16.4 Å². The van der Waals surface area contributed by atoms with Gasteiger partial charge in [-0.2, -0.15) is 0 Å². The number of aromatic nitrogens is 1. The average molecular weight is 506 g/mol. The Morgan fingerprint density at radius 3 is 2.41 bits per heavy atom. The summed E-state index contributed by atoms with van der Waals surface area (Å²) in [5.41, 5.74) is 2.69. The number of hydrogen-bond donors (Lipinski definition) is 0. The molecule has 37 heavy (non-hydrogen) atoms. The number of nitrogens with zero attached hydrogens (tertiary/aromatic N) is 3. The molecule has 1 aliphatic rings. The number of benzene rings is 2. The van der Waals surface area contributed by atoms with Crippen LogP contribution < -0.4 is 0 Å². The lowest BCUT2D eigenvalue weighted by Crippen LogP contribution is -2.44. The Morgan fingerprint density at radius 1 is 1.03 bits per heavy atom.